The van der Waals surface area contributed by atoms with Crippen LogP contribution in [0.1, 0.15) is 74.5 Å². The number of nitrogens with zero attached hydrogens (tertiary/aromatic N) is 2. The van der Waals surface area contributed by atoms with Crippen LogP contribution in [0, 0.1) is 0 Å². The summed E-state index contributed by atoms with van der Waals surface area (Å²) in [6, 6.07) is 0.300. The van der Waals surface area contributed by atoms with Gasteiger partial charge in [-0.2, -0.15) is 5.10 Å². The van der Waals surface area contributed by atoms with E-state index < -0.39 is 0 Å². The maximum absolute atomic E-state index is 12.4. The second kappa shape index (κ2) is 6.39. The molecule has 5 heteroatoms. The molecule has 0 saturated heterocycles. The van der Waals surface area contributed by atoms with Gasteiger partial charge in [-0.25, -0.2) is 0 Å². The minimum atomic E-state index is -0.0672. The van der Waals surface area contributed by atoms with Crippen LogP contribution in [0.4, 0.5) is 0 Å². The van der Waals surface area contributed by atoms with Crippen molar-refractivity contribution in [2.75, 3.05) is 6.61 Å². The van der Waals surface area contributed by atoms with E-state index in [1.54, 1.807) is 6.20 Å². The molecule has 2 rings (SSSR count). The number of aliphatic hydroxyl groups excluding tert-OH is 1. The van der Waals surface area contributed by atoms with E-state index in [1.807, 2.05) is 11.6 Å². The lowest BCUT2D eigenvalue weighted by atomic mass is 10.1. The van der Waals surface area contributed by atoms with Crippen LogP contribution in [0.2, 0.25) is 0 Å². The second-order valence-electron chi connectivity index (χ2n) is 5.81. The molecule has 2 atom stereocenters. The van der Waals surface area contributed by atoms with Crippen molar-refractivity contribution in [3.8, 4) is 0 Å². The molecule has 1 unspecified atom stereocenters. The average molecular weight is 279 g/mol. The molecule has 1 aromatic heterocycles. The molecule has 1 heterocycles. The third kappa shape index (κ3) is 3.20. The summed E-state index contributed by atoms with van der Waals surface area (Å²) in [6.07, 6.45) is 5.57. The third-order valence-electron chi connectivity index (χ3n) is 3.99. The molecule has 0 aliphatic heterocycles. The number of carbonyl (C=O) groups excluding carboxylic acids is 1. The minimum Gasteiger partial charge on any atom is -0.396 e. The lowest BCUT2D eigenvalue weighted by Crippen LogP contribution is -2.33. The first-order valence-corrected chi connectivity index (χ1v) is 7.57. The standard InChI is InChI=1S/C15H25N3O2/c1-4-11(3)18-14(12-5-6-12)13(9-16-18)15(20)17-10(2)7-8-19/h9-12,19H,4-8H2,1-3H3,(H,17,20)/t10-,11?/m1/s1. The van der Waals surface area contributed by atoms with Crippen molar-refractivity contribution < 1.29 is 9.90 Å². The Balaban J connectivity index is 2.19. The summed E-state index contributed by atoms with van der Waals surface area (Å²) >= 11 is 0. The lowest BCUT2D eigenvalue weighted by molar-refractivity contribution is 0.0933. The molecule has 0 bridgehead atoms. The van der Waals surface area contributed by atoms with Crippen LogP contribution in [0.25, 0.3) is 0 Å². The van der Waals surface area contributed by atoms with E-state index in [1.165, 1.54) is 0 Å². The number of aliphatic hydroxyl groups is 1. The Labute approximate surface area is 120 Å². The van der Waals surface area contributed by atoms with Crippen molar-refractivity contribution in [2.24, 2.45) is 0 Å². The largest absolute Gasteiger partial charge is 0.396 e. The molecule has 20 heavy (non-hydrogen) atoms. The smallest absolute Gasteiger partial charge is 0.254 e. The summed E-state index contributed by atoms with van der Waals surface area (Å²) in [4.78, 5) is 12.4. The highest BCUT2D eigenvalue weighted by Gasteiger charge is 2.33. The number of hydrogen-bond acceptors (Lipinski definition) is 3. The van der Waals surface area contributed by atoms with Gasteiger partial charge >= 0.3 is 0 Å². The summed E-state index contributed by atoms with van der Waals surface area (Å²) < 4.78 is 2.02. The van der Waals surface area contributed by atoms with E-state index in [0.717, 1.165) is 25.0 Å². The molecular formula is C15H25N3O2. The maximum Gasteiger partial charge on any atom is 0.254 e. The van der Waals surface area contributed by atoms with Crippen molar-refractivity contribution in [3.63, 3.8) is 0 Å². The average Bonchev–Trinajstić information content (AvgIpc) is 3.16. The molecule has 1 aliphatic carbocycles. The first-order chi connectivity index (χ1) is 9.58. The van der Waals surface area contributed by atoms with Gasteiger partial charge in [-0.15, -0.1) is 0 Å². The third-order valence-corrected chi connectivity index (χ3v) is 3.99. The van der Waals surface area contributed by atoms with Crippen LogP contribution in [0.3, 0.4) is 0 Å². The molecule has 0 spiro atoms. The molecule has 1 amide bonds. The summed E-state index contributed by atoms with van der Waals surface area (Å²) in [5, 5.41) is 16.3. The molecule has 112 valence electrons. The van der Waals surface area contributed by atoms with Crippen molar-refractivity contribution >= 4 is 5.91 Å². The molecule has 0 aromatic carbocycles. The van der Waals surface area contributed by atoms with Gasteiger partial charge in [-0.3, -0.25) is 9.48 Å². The Morgan fingerprint density at radius 2 is 2.25 bits per heavy atom. The molecule has 1 aliphatic rings. The van der Waals surface area contributed by atoms with E-state index >= 15 is 0 Å². The van der Waals surface area contributed by atoms with E-state index in [-0.39, 0.29) is 18.6 Å². The number of amides is 1. The van der Waals surface area contributed by atoms with E-state index in [2.05, 4.69) is 24.3 Å². The van der Waals surface area contributed by atoms with Gasteiger partial charge in [0.15, 0.2) is 0 Å². The van der Waals surface area contributed by atoms with Gasteiger partial charge in [0.05, 0.1) is 17.5 Å². The highest BCUT2D eigenvalue weighted by molar-refractivity contribution is 5.95. The van der Waals surface area contributed by atoms with Gasteiger partial charge in [0.1, 0.15) is 0 Å². The molecule has 2 N–H and O–H groups in total. The molecular weight excluding hydrogens is 254 g/mol. The van der Waals surface area contributed by atoms with E-state index in [9.17, 15) is 4.79 Å². The van der Waals surface area contributed by atoms with Crippen LogP contribution in [0.5, 0.6) is 0 Å². The van der Waals surface area contributed by atoms with Crippen molar-refractivity contribution in [2.45, 2.75) is 64.5 Å². The number of rotatable bonds is 7. The van der Waals surface area contributed by atoms with Crippen LogP contribution in [0.15, 0.2) is 6.20 Å². The summed E-state index contributed by atoms with van der Waals surface area (Å²) in [6.45, 7) is 6.26. The van der Waals surface area contributed by atoms with Crippen LogP contribution in [-0.2, 0) is 0 Å². The second-order valence-corrected chi connectivity index (χ2v) is 5.81. The Morgan fingerprint density at radius 1 is 1.55 bits per heavy atom. The van der Waals surface area contributed by atoms with E-state index in [0.29, 0.717) is 23.9 Å². The van der Waals surface area contributed by atoms with Crippen molar-refractivity contribution in [1.82, 2.24) is 15.1 Å². The first-order valence-electron chi connectivity index (χ1n) is 7.57. The number of nitrogens with one attached hydrogen (secondary N) is 1. The van der Waals surface area contributed by atoms with Gasteiger partial charge in [0.25, 0.3) is 5.91 Å². The number of hydrogen-bond donors (Lipinski definition) is 2. The van der Waals surface area contributed by atoms with Crippen LogP contribution >= 0.6 is 0 Å². The summed E-state index contributed by atoms with van der Waals surface area (Å²) in [5.74, 6) is 0.419. The van der Waals surface area contributed by atoms with Gasteiger partial charge in [-0.05, 0) is 39.5 Å². The van der Waals surface area contributed by atoms with Gasteiger partial charge in [0, 0.05) is 24.6 Å². The van der Waals surface area contributed by atoms with Gasteiger partial charge in [-0.1, -0.05) is 6.92 Å². The first kappa shape index (κ1) is 15.0. The van der Waals surface area contributed by atoms with Crippen molar-refractivity contribution in [3.05, 3.63) is 17.5 Å². The topological polar surface area (TPSA) is 67.2 Å². The number of aromatic nitrogens is 2. The normalized spacial score (nSPS) is 17.8. The van der Waals surface area contributed by atoms with Gasteiger partial charge < -0.3 is 10.4 Å². The highest BCUT2D eigenvalue weighted by atomic mass is 16.3. The Kier molecular flexibility index (Phi) is 4.81. The minimum absolute atomic E-state index is 0.0218. The van der Waals surface area contributed by atoms with Crippen LogP contribution in [-0.4, -0.2) is 33.4 Å². The lowest BCUT2D eigenvalue weighted by Gasteiger charge is -2.16. The summed E-state index contributed by atoms with van der Waals surface area (Å²) in [5.41, 5.74) is 1.80. The van der Waals surface area contributed by atoms with Gasteiger partial charge in [0.2, 0.25) is 0 Å². The fraction of sp³-hybridized carbons (Fsp3) is 0.733. The zero-order chi connectivity index (χ0) is 14.7. The number of carbonyl (C=O) groups is 1. The molecule has 0 radical (unpaired) electrons. The SMILES string of the molecule is CCC(C)n1ncc(C(=O)N[C@H](C)CCO)c1C1CC1. The molecule has 1 fully saturated rings. The maximum atomic E-state index is 12.4. The highest BCUT2D eigenvalue weighted by Crippen LogP contribution is 2.42. The predicted octanol–water partition coefficient (Wildman–Crippen LogP) is 2.23. The summed E-state index contributed by atoms with van der Waals surface area (Å²) in [7, 11) is 0. The Morgan fingerprint density at radius 3 is 2.80 bits per heavy atom. The van der Waals surface area contributed by atoms with Crippen LogP contribution < -0.4 is 5.32 Å². The Bertz CT molecular complexity index is 466. The predicted molar refractivity (Wildman–Crippen MR) is 77.8 cm³/mol. The fourth-order valence-electron chi connectivity index (χ4n) is 2.40. The molecule has 1 saturated carbocycles. The quantitative estimate of drug-likeness (QED) is 0.804. The monoisotopic (exact) mass is 279 g/mol. The van der Waals surface area contributed by atoms with E-state index in [4.69, 9.17) is 5.11 Å². The Hall–Kier alpha value is -1.36. The zero-order valence-corrected chi connectivity index (χ0v) is 12.6. The molecule has 5 nitrogen and oxygen atoms in total. The molecule has 1 aromatic rings. The fourth-order valence-corrected chi connectivity index (χ4v) is 2.40. The van der Waals surface area contributed by atoms with Crippen molar-refractivity contribution in [1.29, 1.82) is 0 Å². The zero-order valence-electron chi connectivity index (χ0n) is 12.6.